The van der Waals surface area contributed by atoms with Crippen LogP contribution in [0.1, 0.15) is 32.1 Å². The molecule has 3 radical (unpaired) electrons. The Labute approximate surface area is 72.9 Å². The monoisotopic (exact) mass is 171 g/mol. The van der Waals surface area contributed by atoms with Crippen molar-refractivity contribution in [3.8, 4) is 0 Å². The Bertz CT molecular complexity index is 94.1. The fourth-order valence-corrected chi connectivity index (χ4v) is 3.11. The fourth-order valence-electron chi connectivity index (χ4n) is 1.64. The van der Waals surface area contributed by atoms with Crippen LogP contribution in [0.5, 0.6) is 0 Å². The van der Waals surface area contributed by atoms with E-state index in [1.165, 1.54) is 32.1 Å². The maximum Gasteiger partial charge on any atom is 0.0624 e. The largest absolute Gasteiger partial charge is 0.392 e. The minimum absolute atomic E-state index is 0. The quantitative estimate of drug-likeness (QED) is 0.497. The van der Waals surface area contributed by atoms with Gasteiger partial charge in [-0.25, -0.2) is 0 Å². The Morgan fingerprint density at radius 3 is 2.27 bits per heavy atom. The molecule has 0 unspecified atom stereocenters. The molecule has 3 heteroatoms. The standard InChI is InChI=1S/C8H17OP.B/c1-10(7-9)8-5-3-2-4-6-8;/h8-9H,2-7H2,1H3;/t10-;/m1./s1. The highest BCUT2D eigenvalue weighted by atomic mass is 31.1. The Balaban J connectivity index is 0.000001000. The lowest BCUT2D eigenvalue weighted by Crippen LogP contribution is -2.11. The van der Waals surface area contributed by atoms with E-state index >= 15 is 0 Å². The summed E-state index contributed by atoms with van der Waals surface area (Å²) in [5.41, 5.74) is 0.883. The second kappa shape index (κ2) is 6.02. The van der Waals surface area contributed by atoms with Gasteiger partial charge in [-0.2, -0.15) is 0 Å². The summed E-state index contributed by atoms with van der Waals surface area (Å²) >= 11 is 0. The van der Waals surface area contributed by atoms with Gasteiger partial charge in [-0.05, 0) is 25.2 Å². The van der Waals surface area contributed by atoms with E-state index in [0.717, 1.165) is 5.66 Å². The Hall–Kier alpha value is 0.455. The molecule has 0 bridgehead atoms. The van der Waals surface area contributed by atoms with Gasteiger partial charge in [0.1, 0.15) is 0 Å². The molecule has 1 fully saturated rings. The summed E-state index contributed by atoms with van der Waals surface area (Å²) in [5, 5.41) is 8.92. The Kier molecular flexibility index (Phi) is 6.27. The topological polar surface area (TPSA) is 20.2 Å². The lowest BCUT2D eigenvalue weighted by atomic mass is 10.0. The van der Waals surface area contributed by atoms with Crippen molar-refractivity contribution in [2.24, 2.45) is 0 Å². The molecule has 0 aliphatic heterocycles. The summed E-state index contributed by atoms with van der Waals surface area (Å²) in [6, 6.07) is 0. The number of hydrogen-bond donors (Lipinski definition) is 1. The minimum atomic E-state index is -0.0410. The minimum Gasteiger partial charge on any atom is -0.392 e. The van der Waals surface area contributed by atoms with Crippen molar-refractivity contribution in [2.75, 3.05) is 13.0 Å². The van der Waals surface area contributed by atoms with Crippen LogP contribution in [0.25, 0.3) is 0 Å². The van der Waals surface area contributed by atoms with Crippen molar-refractivity contribution in [1.29, 1.82) is 0 Å². The van der Waals surface area contributed by atoms with E-state index in [9.17, 15) is 0 Å². The fraction of sp³-hybridized carbons (Fsp3) is 1.00. The first-order chi connectivity index (χ1) is 4.84. The molecular weight excluding hydrogens is 154 g/mol. The molecular formula is C8H17BOP. The van der Waals surface area contributed by atoms with Crippen molar-refractivity contribution < 1.29 is 5.11 Å². The summed E-state index contributed by atoms with van der Waals surface area (Å²) in [5.74, 6) is 0. The van der Waals surface area contributed by atoms with Crippen LogP contribution in [0, 0.1) is 0 Å². The molecule has 0 heterocycles. The van der Waals surface area contributed by atoms with Gasteiger partial charge in [0, 0.05) is 8.41 Å². The van der Waals surface area contributed by atoms with Crippen LogP contribution < -0.4 is 0 Å². The highest BCUT2D eigenvalue weighted by Crippen LogP contribution is 2.43. The number of aliphatic hydroxyl groups excluding tert-OH is 1. The first kappa shape index (κ1) is 11.5. The van der Waals surface area contributed by atoms with Gasteiger partial charge >= 0.3 is 0 Å². The van der Waals surface area contributed by atoms with Crippen molar-refractivity contribution in [2.45, 2.75) is 37.8 Å². The smallest absolute Gasteiger partial charge is 0.0624 e. The van der Waals surface area contributed by atoms with Gasteiger partial charge in [-0.15, -0.1) is 0 Å². The number of rotatable bonds is 2. The first-order valence-corrected chi connectivity index (χ1v) is 6.20. The molecule has 11 heavy (non-hydrogen) atoms. The van der Waals surface area contributed by atoms with Crippen LogP contribution in [0.2, 0.25) is 0 Å². The van der Waals surface area contributed by atoms with Crippen LogP contribution in [0.3, 0.4) is 0 Å². The first-order valence-electron chi connectivity index (χ1n) is 4.15. The van der Waals surface area contributed by atoms with Crippen molar-refractivity contribution >= 4 is 16.3 Å². The SMILES string of the molecule is C[P@](CO)C1CCCCC1.[B]. The van der Waals surface area contributed by atoms with Gasteiger partial charge in [-0.1, -0.05) is 27.2 Å². The van der Waals surface area contributed by atoms with Crippen LogP contribution in [0.15, 0.2) is 0 Å². The van der Waals surface area contributed by atoms with E-state index < -0.39 is 0 Å². The molecule has 0 aromatic carbocycles. The highest BCUT2D eigenvalue weighted by Gasteiger charge is 2.18. The maximum atomic E-state index is 8.92. The summed E-state index contributed by atoms with van der Waals surface area (Å²) in [7, 11) is -0.0410. The van der Waals surface area contributed by atoms with E-state index in [1.807, 2.05) is 0 Å². The third-order valence-corrected chi connectivity index (χ3v) is 4.63. The van der Waals surface area contributed by atoms with Gasteiger partial charge in [0.05, 0.1) is 6.35 Å². The molecule has 0 aromatic heterocycles. The second-order valence-electron chi connectivity index (χ2n) is 3.19. The molecule has 0 aromatic rings. The number of aliphatic hydroxyl groups is 1. The average Bonchev–Trinajstić information content (AvgIpc) is 2.05. The molecule has 1 atom stereocenters. The van der Waals surface area contributed by atoms with Gasteiger partial charge in [-0.3, -0.25) is 0 Å². The van der Waals surface area contributed by atoms with Crippen LogP contribution in [-0.4, -0.2) is 32.2 Å². The molecule has 63 valence electrons. The molecule has 0 amide bonds. The molecule has 0 spiro atoms. The summed E-state index contributed by atoms with van der Waals surface area (Å²) in [4.78, 5) is 0. The molecule has 1 aliphatic rings. The highest BCUT2D eigenvalue weighted by molar-refractivity contribution is 7.57. The van der Waals surface area contributed by atoms with Crippen molar-refractivity contribution in [3.63, 3.8) is 0 Å². The summed E-state index contributed by atoms with van der Waals surface area (Å²) in [6.07, 6.45) is 7.42. The molecule has 1 N–H and O–H groups in total. The third kappa shape index (κ3) is 3.58. The third-order valence-electron chi connectivity index (χ3n) is 2.42. The molecule has 1 nitrogen and oxygen atoms in total. The predicted octanol–water partition coefficient (Wildman–Crippen LogP) is 2.00. The zero-order valence-electron chi connectivity index (χ0n) is 7.29. The normalized spacial score (nSPS) is 22.4. The number of hydrogen-bond acceptors (Lipinski definition) is 1. The Morgan fingerprint density at radius 2 is 1.82 bits per heavy atom. The van der Waals surface area contributed by atoms with E-state index in [2.05, 4.69) is 6.66 Å². The zero-order chi connectivity index (χ0) is 7.40. The molecule has 0 saturated heterocycles. The Morgan fingerprint density at radius 1 is 1.27 bits per heavy atom. The van der Waals surface area contributed by atoms with E-state index in [-0.39, 0.29) is 16.3 Å². The molecule has 1 rings (SSSR count). The lowest BCUT2D eigenvalue weighted by molar-refractivity contribution is 0.366. The summed E-state index contributed by atoms with van der Waals surface area (Å²) in [6.45, 7) is 2.23. The van der Waals surface area contributed by atoms with Crippen molar-refractivity contribution in [1.82, 2.24) is 0 Å². The predicted molar refractivity (Wildman–Crippen MR) is 52.6 cm³/mol. The van der Waals surface area contributed by atoms with E-state index in [0.29, 0.717) is 6.35 Å². The van der Waals surface area contributed by atoms with E-state index in [1.54, 1.807) is 0 Å². The molecule has 1 saturated carbocycles. The van der Waals surface area contributed by atoms with Gasteiger partial charge < -0.3 is 5.11 Å². The van der Waals surface area contributed by atoms with Crippen LogP contribution >= 0.6 is 7.92 Å². The zero-order valence-corrected chi connectivity index (χ0v) is 8.19. The van der Waals surface area contributed by atoms with Crippen LogP contribution in [0.4, 0.5) is 0 Å². The van der Waals surface area contributed by atoms with E-state index in [4.69, 9.17) is 5.11 Å². The van der Waals surface area contributed by atoms with Crippen molar-refractivity contribution in [3.05, 3.63) is 0 Å². The van der Waals surface area contributed by atoms with Gasteiger partial charge in [0.25, 0.3) is 0 Å². The lowest BCUT2D eigenvalue weighted by Gasteiger charge is -2.26. The van der Waals surface area contributed by atoms with Crippen LogP contribution in [-0.2, 0) is 0 Å². The summed E-state index contributed by atoms with van der Waals surface area (Å²) < 4.78 is 0. The van der Waals surface area contributed by atoms with Gasteiger partial charge in [0.15, 0.2) is 0 Å². The molecule has 1 aliphatic carbocycles. The maximum absolute atomic E-state index is 8.92. The average molecular weight is 171 g/mol. The van der Waals surface area contributed by atoms with Gasteiger partial charge in [0.2, 0.25) is 0 Å². The second-order valence-corrected chi connectivity index (χ2v) is 5.72.